The molecule has 0 unspecified atom stereocenters. The van der Waals surface area contributed by atoms with Gasteiger partial charge in [0, 0.05) is 5.56 Å². The molecule has 0 aromatic carbocycles. The third-order valence-electron chi connectivity index (χ3n) is 2.41. The highest BCUT2D eigenvalue weighted by Crippen LogP contribution is 2.11. The Morgan fingerprint density at radius 3 is 2.35 bits per heavy atom. The maximum absolute atomic E-state index is 11.7. The molecule has 2 heterocycles. The zero-order valence-corrected chi connectivity index (χ0v) is 9.87. The lowest BCUT2D eigenvalue weighted by Crippen LogP contribution is -2.28. The van der Waals surface area contributed by atoms with E-state index in [0.717, 1.165) is 12.5 Å². The molecule has 104 valence electrons. The van der Waals surface area contributed by atoms with Crippen molar-refractivity contribution in [3.05, 3.63) is 47.3 Å². The number of carboxylic acid groups (broad SMARTS) is 2. The zero-order valence-electron chi connectivity index (χ0n) is 9.87. The maximum atomic E-state index is 11.7. The van der Waals surface area contributed by atoms with Crippen LogP contribution >= 0.6 is 0 Å². The Morgan fingerprint density at radius 1 is 1.05 bits per heavy atom. The van der Waals surface area contributed by atoms with Crippen LogP contribution in [-0.2, 0) is 6.54 Å². The average Bonchev–Trinajstić information content (AvgIpc) is 3.04. The van der Waals surface area contributed by atoms with E-state index in [1.54, 1.807) is 0 Å². The highest BCUT2D eigenvalue weighted by atomic mass is 16.4. The minimum atomic E-state index is -1.54. The number of furan rings is 2. The molecular formula is C12H7NO7-2. The van der Waals surface area contributed by atoms with E-state index in [9.17, 15) is 24.6 Å². The normalized spacial score (nSPS) is 10.2. The lowest BCUT2D eigenvalue weighted by molar-refractivity contribution is -0.257. The van der Waals surface area contributed by atoms with Gasteiger partial charge < -0.3 is 34.0 Å². The van der Waals surface area contributed by atoms with Crippen molar-refractivity contribution in [1.82, 2.24) is 5.32 Å². The van der Waals surface area contributed by atoms with E-state index in [1.165, 1.54) is 12.1 Å². The molecule has 0 radical (unpaired) electrons. The predicted octanol–water partition coefficient (Wildman–Crippen LogP) is -1.47. The van der Waals surface area contributed by atoms with E-state index >= 15 is 0 Å². The Kier molecular flexibility index (Phi) is 3.56. The van der Waals surface area contributed by atoms with Gasteiger partial charge >= 0.3 is 0 Å². The topological polar surface area (TPSA) is 136 Å². The van der Waals surface area contributed by atoms with Crippen molar-refractivity contribution >= 4 is 17.8 Å². The van der Waals surface area contributed by atoms with Crippen LogP contribution in [0.4, 0.5) is 0 Å². The number of amides is 1. The molecule has 2 aromatic heterocycles. The van der Waals surface area contributed by atoms with Gasteiger partial charge in [0.2, 0.25) is 0 Å². The molecular weight excluding hydrogens is 270 g/mol. The van der Waals surface area contributed by atoms with Gasteiger partial charge in [0.25, 0.3) is 5.91 Å². The van der Waals surface area contributed by atoms with E-state index in [1.807, 2.05) is 0 Å². The van der Waals surface area contributed by atoms with Gasteiger partial charge in [0.1, 0.15) is 30.0 Å². The quantitative estimate of drug-likeness (QED) is 0.704. The molecule has 8 nitrogen and oxygen atoms in total. The first-order valence-corrected chi connectivity index (χ1v) is 5.35. The van der Waals surface area contributed by atoms with Crippen molar-refractivity contribution in [3.63, 3.8) is 0 Å². The number of carboxylic acids is 2. The lowest BCUT2D eigenvalue weighted by Gasteiger charge is -2.04. The second kappa shape index (κ2) is 5.31. The highest BCUT2D eigenvalue weighted by Gasteiger charge is 2.15. The Morgan fingerprint density at radius 2 is 1.75 bits per heavy atom. The summed E-state index contributed by atoms with van der Waals surface area (Å²) in [4.78, 5) is 32.9. The summed E-state index contributed by atoms with van der Waals surface area (Å²) >= 11 is 0. The first kappa shape index (κ1) is 13.4. The van der Waals surface area contributed by atoms with Gasteiger partial charge in [-0.2, -0.15) is 0 Å². The van der Waals surface area contributed by atoms with Gasteiger partial charge in [-0.05, 0) is 12.1 Å². The van der Waals surface area contributed by atoms with Crippen molar-refractivity contribution in [2.24, 2.45) is 0 Å². The van der Waals surface area contributed by atoms with Crippen molar-refractivity contribution in [1.29, 1.82) is 0 Å². The molecule has 0 aliphatic heterocycles. The van der Waals surface area contributed by atoms with Crippen LogP contribution in [0.15, 0.2) is 33.5 Å². The summed E-state index contributed by atoms with van der Waals surface area (Å²) in [5.74, 6) is -3.92. The Hall–Kier alpha value is -3.03. The monoisotopic (exact) mass is 277 g/mol. The van der Waals surface area contributed by atoms with Gasteiger partial charge in [-0.1, -0.05) is 0 Å². The SMILES string of the molecule is O=C([O-])c1ccc(CNC(=O)c2cocc2C(=O)[O-])o1. The fourth-order valence-electron chi connectivity index (χ4n) is 1.48. The number of hydrogen-bond acceptors (Lipinski definition) is 7. The van der Waals surface area contributed by atoms with Crippen molar-refractivity contribution in [2.45, 2.75) is 6.54 Å². The van der Waals surface area contributed by atoms with Gasteiger partial charge in [-0.15, -0.1) is 0 Å². The van der Waals surface area contributed by atoms with Crippen molar-refractivity contribution in [2.75, 3.05) is 0 Å². The third-order valence-corrected chi connectivity index (χ3v) is 2.41. The molecule has 8 heteroatoms. The average molecular weight is 277 g/mol. The Bertz CT molecular complexity index is 667. The fraction of sp³-hybridized carbons (Fsp3) is 0.0833. The summed E-state index contributed by atoms with van der Waals surface area (Å²) in [6.45, 7) is -0.121. The van der Waals surface area contributed by atoms with Crippen LogP contribution in [-0.4, -0.2) is 17.8 Å². The Balaban J connectivity index is 2.03. The van der Waals surface area contributed by atoms with Gasteiger partial charge in [-0.3, -0.25) is 4.79 Å². The third kappa shape index (κ3) is 2.69. The molecule has 0 saturated heterocycles. The van der Waals surface area contributed by atoms with E-state index in [0.29, 0.717) is 0 Å². The fourth-order valence-corrected chi connectivity index (χ4v) is 1.48. The molecule has 0 atom stereocenters. The molecule has 1 amide bonds. The summed E-state index contributed by atoms with van der Waals surface area (Å²) in [5, 5.41) is 23.5. The lowest BCUT2D eigenvalue weighted by atomic mass is 10.2. The van der Waals surface area contributed by atoms with Gasteiger partial charge in [-0.25, -0.2) is 0 Å². The van der Waals surface area contributed by atoms with Crippen LogP contribution in [0.5, 0.6) is 0 Å². The summed E-state index contributed by atoms with van der Waals surface area (Å²) in [5.41, 5.74) is -0.575. The first-order valence-electron chi connectivity index (χ1n) is 5.35. The number of carbonyl (C=O) groups is 3. The van der Waals surface area contributed by atoms with Crippen LogP contribution < -0.4 is 15.5 Å². The second-order valence-corrected chi connectivity index (χ2v) is 3.72. The number of nitrogens with one attached hydrogen (secondary N) is 1. The first-order chi connectivity index (χ1) is 9.49. The summed E-state index contributed by atoms with van der Waals surface area (Å²) in [6, 6.07) is 2.53. The highest BCUT2D eigenvalue weighted by molar-refractivity contribution is 6.03. The van der Waals surface area contributed by atoms with E-state index in [2.05, 4.69) is 9.73 Å². The molecule has 1 N–H and O–H groups in total. The largest absolute Gasteiger partial charge is 0.545 e. The van der Waals surface area contributed by atoms with Crippen LogP contribution in [0.25, 0.3) is 0 Å². The minimum Gasteiger partial charge on any atom is -0.545 e. The minimum absolute atomic E-state index is 0.121. The van der Waals surface area contributed by atoms with Crippen molar-refractivity contribution in [3.8, 4) is 0 Å². The number of carbonyl (C=O) groups excluding carboxylic acids is 3. The van der Waals surface area contributed by atoms with Gasteiger partial charge in [0.15, 0.2) is 0 Å². The molecule has 2 aromatic rings. The standard InChI is InChI=1S/C12H9NO7/c14-10(7-4-19-5-8(7)11(15)16)13-3-6-1-2-9(20-6)12(17)18/h1-2,4-5H,3H2,(H,13,14)(H,15,16)(H,17,18)/p-2. The molecule has 0 aliphatic rings. The van der Waals surface area contributed by atoms with Crippen LogP contribution in [0.2, 0.25) is 0 Å². The van der Waals surface area contributed by atoms with Gasteiger partial charge in [0.05, 0.1) is 18.1 Å². The molecule has 0 saturated carbocycles. The van der Waals surface area contributed by atoms with E-state index in [4.69, 9.17) is 4.42 Å². The molecule has 0 bridgehead atoms. The summed E-state index contributed by atoms with van der Waals surface area (Å²) in [7, 11) is 0. The maximum Gasteiger partial charge on any atom is 0.255 e. The van der Waals surface area contributed by atoms with Crippen LogP contribution in [0.1, 0.15) is 37.0 Å². The summed E-state index contributed by atoms with van der Waals surface area (Å²) < 4.78 is 9.49. The van der Waals surface area contributed by atoms with Crippen LogP contribution in [0.3, 0.4) is 0 Å². The van der Waals surface area contributed by atoms with Crippen LogP contribution in [0, 0.1) is 0 Å². The smallest absolute Gasteiger partial charge is 0.255 e. The molecule has 20 heavy (non-hydrogen) atoms. The molecule has 0 spiro atoms. The molecule has 0 fully saturated rings. The number of hydrogen-bond donors (Lipinski definition) is 1. The predicted molar refractivity (Wildman–Crippen MR) is 57.2 cm³/mol. The number of aromatic carboxylic acids is 2. The van der Waals surface area contributed by atoms with Crippen molar-refractivity contribution < 1.29 is 33.4 Å². The second-order valence-electron chi connectivity index (χ2n) is 3.72. The molecule has 2 rings (SSSR count). The zero-order chi connectivity index (χ0) is 14.7. The Labute approximate surface area is 111 Å². The molecule has 0 aliphatic carbocycles. The number of rotatable bonds is 5. The summed E-state index contributed by atoms with van der Waals surface area (Å²) in [6.07, 6.45) is 1.85. The van der Waals surface area contributed by atoms with E-state index in [-0.39, 0.29) is 29.2 Å². The van der Waals surface area contributed by atoms with E-state index < -0.39 is 17.8 Å².